The van der Waals surface area contributed by atoms with Gasteiger partial charge in [-0.3, -0.25) is 9.59 Å². The first-order valence-corrected chi connectivity index (χ1v) is 6.08. The van der Waals surface area contributed by atoms with Gasteiger partial charge in [0.1, 0.15) is 6.54 Å². The van der Waals surface area contributed by atoms with E-state index in [4.69, 9.17) is 5.73 Å². The first-order chi connectivity index (χ1) is 8.05. The van der Waals surface area contributed by atoms with E-state index >= 15 is 0 Å². The summed E-state index contributed by atoms with van der Waals surface area (Å²) in [6.45, 7) is 0.356. The number of methoxy groups -OCH3 is 1. The molecule has 0 aliphatic heterocycles. The fraction of sp³-hybridized carbons (Fsp3) is 0.833. The zero-order valence-electron chi connectivity index (χ0n) is 10.7. The number of hydrogen-bond acceptors (Lipinski definition) is 4. The minimum atomic E-state index is -0.457. The van der Waals surface area contributed by atoms with E-state index in [9.17, 15) is 9.59 Å². The molecule has 17 heavy (non-hydrogen) atoms. The Morgan fingerprint density at radius 2 is 1.88 bits per heavy atom. The van der Waals surface area contributed by atoms with Crippen molar-refractivity contribution in [3.8, 4) is 0 Å². The van der Waals surface area contributed by atoms with Gasteiger partial charge in [-0.15, -0.1) is 0 Å². The summed E-state index contributed by atoms with van der Waals surface area (Å²) < 4.78 is 4.56. The molecule has 0 bridgehead atoms. The number of carbonyl (C=O) groups excluding carboxylic acids is 2. The zero-order chi connectivity index (χ0) is 12.9. The van der Waals surface area contributed by atoms with Crippen LogP contribution in [0.25, 0.3) is 0 Å². The molecule has 0 aromatic rings. The van der Waals surface area contributed by atoms with Crippen molar-refractivity contribution >= 4 is 11.9 Å². The molecule has 1 amide bonds. The summed E-state index contributed by atoms with van der Waals surface area (Å²) in [5, 5.41) is 0. The molecule has 0 atom stereocenters. The number of ether oxygens (including phenoxy) is 1. The van der Waals surface area contributed by atoms with Gasteiger partial charge in [0.25, 0.3) is 0 Å². The van der Waals surface area contributed by atoms with Gasteiger partial charge in [0, 0.05) is 13.6 Å². The van der Waals surface area contributed by atoms with Crippen LogP contribution in [0.1, 0.15) is 32.1 Å². The second kappa shape index (κ2) is 6.00. The standard InChI is InChI=1S/C12H22N2O3/c1-14(8-10(15)17-2)11(16)12(9-13)6-4-3-5-7-12/h3-9,13H2,1-2H3. The van der Waals surface area contributed by atoms with Crippen molar-refractivity contribution in [1.82, 2.24) is 4.90 Å². The van der Waals surface area contributed by atoms with E-state index in [-0.39, 0.29) is 12.5 Å². The highest BCUT2D eigenvalue weighted by Crippen LogP contribution is 2.36. The molecular weight excluding hydrogens is 220 g/mol. The fourth-order valence-corrected chi connectivity index (χ4v) is 2.47. The number of amides is 1. The first-order valence-electron chi connectivity index (χ1n) is 6.08. The van der Waals surface area contributed by atoms with Crippen molar-refractivity contribution in [3.05, 3.63) is 0 Å². The van der Waals surface area contributed by atoms with E-state index in [1.54, 1.807) is 7.05 Å². The Balaban J connectivity index is 2.67. The van der Waals surface area contributed by atoms with Crippen LogP contribution in [-0.4, -0.2) is 44.0 Å². The lowest BCUT2D eigenvalue weighted by atomic mass is 9.73. The van der Waals surface area contributed by atoms with E-state index in [1.807, 2.05) is 0 Å². The van der Waals surface area contributed by atoms with Gasteiger partial charge in [-0.2, -0.15) is 0 Å². The summed E-state index contributed by atoms with van der Waals surface area (Å²) >= 11 is 0. The van der Waals surface area contributed by atoms with Gasteiger partial charge in [-0.25, -0.2) is 0 Å². The van der Waals surface area contributed by atoms with Crippen LogP contribution in [0, 0.1) is 5.41 Å². The molecule has 0 saturated heterocycles. The van der Waals surface area contributed by atoms with Crippen LogP contribution in [0.5, 0.6) is 0 Å². The zero-order valence-corrected chi connectivity index (χ0v) is 10.7. The van der Waals surface area contributed by atoms with Crippen LogP contribution < -0.4 is 5.73 Å². The average molecular weight is 242 g/mol. The van der Waals surface area contributed by atoms with Gasteiger partial charge in [-0.1, -0.05) is 19.3 Å². The second-order valence-electron chi connectivity index (χ2n) is 4.78. The number of hydrogen-bond donors (Lipinski definition) is 1. The van der Waals surface area contributed by atoms with Crippen LogP contribution in [0.3, 0.4) is 0 Å². The largest absolute Gasteiger partial charge is 0.468 e. The number of nitrogens with zero attached hydrogens (tertiary/aromatic N) is 1. The van der Waals surface area contributed by atoms with Gasteiger partial charge in [-0.05, 0) is 12.8 Å². The molecule has 1 aliphatic rings. The maximum absolute atomic E-state index is 12.3. The third kappa shape index (κ3) is 3.19. The third-order valence-corrected chi connectivity index (χ3v) is 3.60. The van der Waals surface area contributed by atoms with Crippen molar-refractivity contribution in [1.29, 1.82) is 0 Å². The Hall–Kier alpha value is -1.10. The average Bonchev–Trinajstić information content (AvgIpc) is 2.38. The van der Waals surface area contributed by atoms with Crippen molar-refractivity contribution in [2.45, 2.75) is 32.1 Å². The van der Waals surface area contributed by atoms with Crippen LogP contribution in [0.2, 0.25) is 0 Å². The summed E-state index contributed by atoms with van der Waals surface area (Å²) in [5.41, 5.74) is 5.32. The third-order valence-electron chi connectivity index (χ3n) is 3.60. The van der Waals surface area contributed by atoms with Crippen LogP contribution in [0.15, 0.2) is 0 Å². The smallest absolute Gasteiger partial charge is 0.325 e. The van der Waals surface area contributed by atoms with Crippen molar-refractivity contribution in [3.63, 3.8) is 0 Å². The molecule has 1 fully saturated rings. The summed E-state index contributed by atoms with van der Waals surface area (Å²) in [6.07, 6.45) is 4.89. The highest BCUT2D eigenvalue weighted by Gasteiger charge is 2.40. The molecule has 1 rings (SSSR count). The predicted molar refractivity (Wildman–Crippen MR) is 64.2 cm³/mol. The number of rotatable bonds is 4. The normalized spacial score (nSPS) is 18.5. The quantitative estimate of drug-likeness (QED) is 0.730. The van der Waals surface area contributed by atoms with Crippen molar-refractivity contribution < 1.29 is 14.3 Å². The Kier molecular flexibility index (Phi) is 4.93. The molecule has 98 valence electrons. The topological polar surface area (TPSA) is 72.6 Å². The van der Waals surface area contributed by atoms with E-state index < -0.39 is 11.4 Å². The molecule has 0 radical (unpaired) electrons. The van der Waals surface area contributed by atoms with E-state index in [0.29, 0.717) is 6.54 Å². The lowest BCUT2D eigenvalue weighted by Gasteiger charge is -2.37. The van der Waals surface area contributed by atoms with Gasteiger partial charge >= 0.3 is 5.97 Å². The highest BCUT2D eigenvalue weighted by atomic mass is 16.5. The fourth-order valence-electron chi connectivity index (χ4n) is 2.47. The summed E-state index contributed by atoms with van der Waals surface area (Å²) in [7, 11) is 2.95. The molecule has 0 spiro atoms. The Bertz CT molecular complexity index is 285. The van der Waals surface area contributed by atoms with Crippen LogP contribution in [0.4, 0.5) is 0 Å². The SMILES string of the molecule is COC(=O)CN(C)C(=O)C1(CN)CCCCC1. The molecule has 0 aromatic carbocycles. The van der Waals surface area contributed by atoms with Gasteiger partial charge in [0.05, 0.1) is 12.5 Å². The highest BCUT2D eigenvalue weighted by molar-refractivity contribution is 5.86. The Labute approximate surface area is 102 Å². The first kappa shape index (κ1) is 14.0. The molecule has 5 nitrogen and oxygen atoms in total. The number of nitrogens with two attached hydrogens (primary N) is 1. The molecule has 5 heteroatoms. The van der Waals surface area contributed by atoms with Gasteiger partial charge < -0.3 is 15.4 Å². The molecule has 2 N–H and O–H groups in total. The van der Waals surface area contributed by atoms with Crippen LogP contribution in [-0.2, 0) is 14.3 Å². The number of carbonyl (C=O) groups is 2. The van der Waals surface area contributed by atoms with Gasteiger partial charge in [0.2, 0.25) is 5.91 Å². The lowest BCUT2D eigenvalue weighted by Crippen LogP contribution is -2.49. The number of esters is 1. The Morgan fingerprint density at radius 1 is 1.29 bits per heavy atom. The Morgan fingerprint density at radius 3 is 2.35 bits per heavy atom. The predicted octanol–water partition coefficient (Wildman–Crippen LogP) is 0.527. The van der Waals surface area contributed by atoms with Gasteiger partial charge in [0.15, 0.2) is 0 Å². The summed E-state index contributed by atoms with van der Waals surface area (Å²) in [4.78, 5) is 24.9. The molecule has 0 unspecified atom stereocenters. The maximum atomic E-state index is 12.3. The summed E-state index contributed by atoms with van der Waals surface area (Å²) in [5.74, 6) is -0.422. The molecule has 1 aliphatic carbocycles. The van der Waals surface area contributed by atoms with E-state index in [2.05, 4.69) is 4.74 Å². The molecule has 1 saturated carbocycles. The summed E-state index contributed by atoms with van der Waals surface area (Å²) in [6, 6.07) is 0. The monoisotopic (exact) mass is 242 g/mol. The van der Waals surface area contributed by atoms with E-state index in [1.165, 1.54) is 12.0 Å². The molecular formula is C12H22N2O3. The molecule has 0 heterocycles. The maximum Gasteiger partial charge on any atom is 0.325 e. The molecule has 0 aromatic heterocycles. The number of likely N-dealkylation sites (N-methyl/N-ethyl adjacent to an activating group) is 1. The lowest BCUT2D eigenvalue weighted by molar-refractivity contribution is -0.151. The van der Waals surface area contributed by atoms with E-state index in [0.717, 1.165) is 32.1 Å². The second-order valence-corrected chi connectivity index (χ2v) is 4.78. The minimum absolute atomic E-state index is 0.00289. The van der Waals surface area contributed by atoms with Crippen molar-refractivity contribution in [2.75, 3.05) is 27.2 Å². The van der Waals surface area contributed by atoms with Crippen LogP contribution >= 0.6 is 0 Å². The minimum Gasteiger partial charge on any atom is -0.468 e. The van der Waals surface area contributed by atoms with Crippen molar-refractivity contribution in [2.24, 2.45) is 11.1 Å².